The third-order valence-corrected chi connectivity index (χ3v) is 6.90. The molecule has 2 heterocycles. The number of benzene rings is 2. The minimum absolute atomic E-state index is 0.281. The van der Waals surface area contributed by atoms with Gasteiger partial charge in [-0.25, -0.2) is 4.79 Å². The first-order valence-corrected chi connectivity index (χ1v) is 10.8. The van der Waals surface area contributed by atoms with Crippen LogP contribution in [0.2, 0.25) is 0 Å². The molecular weight excluding hydrogens is 362 g/mol. The van der Waals surface area contributed by atoms with Crippen molar-refractivity contribution < 1.29 is 0 Å². The lowest BCUT2D eigenvalue weighted by Gasteiger charge is -2.38. The lowest BCUT2D eigenvalue weighted by Crippen LogP contribution is -2.40. The highest BCUT2D eigenvalue weighted by atomic mass is 16.2. The predicted octanol–water partition coefficient (Wildman–Crippen LogP) is 4.00. The Morgan fingerprint density at radius 2 is 1.79 bits per heavy atom. The molecule has 1 aromatic heterocycles. The summed E-state index contributed by atoms with van der Waals surface area (Å²) in [6.45, 7) is 4.42. The zero-order chi connectivity index (χ0) is 20.0. The number of aryl methyl sites for hydroxylation is 1. The van der Waals surface area contributed by atoms with Gasteiger partial charge in [-0.15, -0.1) is 0 Å². The highest BCUT2D eigenvalue weighted by Gasteiger charge is 2.34. The Kier molecular flexibility index (Phi) is 4.53. The van der Waals surface area contributed by atoms with Crippen LogP contribution in [0.1, 0.15) is 32.6 Å². The quantitative estimate of drug-likeness (QED) is 0.737. The first-order valence-electron chi connectivity index (χ1n) is 10.8. The van der Waals surface area contributed by atoms with Gasteiger partial charge in [0.15, 0.2) is 0 Å². The molecule has 0 bridgehead atoms. The van der Waals surface area contributed by atoms with Gasteiger partial charge < -0.3 is 4.90 Å². The van der Waals surface area contributed by atoms with Gasteiger partial charge in [-0.05, 0) is 43.2 Å². The molecule has 5 heteroatoms. The molecule has 2 atom stereocenters. The van der Waals surface area contributed by atoms with Crippen LogP contribution in [-0.2, 0) is 6.54 Å². The summed E-state index contributed by atoms with van der Waals surface area (Å²) < 4.78 is 1.66. The molecule has 150 valence electrons. The van der Waals surface area contributed by atoms with E-state index in [1.165, 1.54) is 25.7 Å². The Labute approximate surface area is 170 Å². The zero-order valence-corrected chi connectivity index (χ0v) is 16.9. The third kappa shape index (κ3) is 3.00. The molecule has 1 N–H and O–H groups in total. The Bertz CT molecular complexity index is 1160. The van der Waals surface area contributed by atoms with Crippen LogP contribution in [0.15, 0.2) is 52.1 Å². The topological polar surface area (TPSA) is 58.1 Å². The first kappa shape index (κ1) is 18.2. The number of H-pyrrole nitrogens is 1. The third-order valence-electron chi connectivity index (χ3n) is 6.90. The molecule has 1 saturated heterocycles. The number of aromatic nitrogens is 2. The fourth-order valence-electron chi connectivity index (χ4n) is 5.49. The summed E-state index contributed by atoms with van der Waals surface area (Å²) in [5, 5.41) is 0.643. The summed E-state index contributed by atoms with van der Waals surface area (Å²) in [6.07, 6.45) is 5.12. The van der Waals surface area contributed by atoms with Crippen molar-refractivity contribution in [3.63, 3.8) is 0 Å². The van der Waals surface area contributed by atoms with Crippen LogP contribution in [0.5, 0.6) is 0 Å². The van der Waals surface area contributed by atoms with Crippen LogP contribution in [0.3, 0.4) is 0 Å². The Morgan fingerprint density at radius 3 is 2.59 bits per heavy atom. The van der Waals surface area contributed by atoms with Gasteiger partial charge >= 0.3 is 5.69 Å². The van der Waals surface area contributed by atoms with Crippen molar-refractivity contribution in [1.29, 1.82) is 0 Å². The average Bonchev–Trinajstić information content (AvgIpc) is 3.21. The molecule has 0 unspecified atom stereocenters. The summed E-state index contributed by atoms with van der Waals surface area (Å²) in [4.78, 5) is 30.4. The summed E-state index contributed by atoms with van der Waals surface area (Å²) in [6, 6.07) is 14.3. The van der Waals surface area contributed by atoms with Crippen molar-refractivity contribution >= 4 is 16.6 Å². The molecule has 5 nitrogen and oxygen atoms in total. The predicted molar refractivity (Wildman–Crippen MR) is 118 cm³/mol. The highest BCUT2D eigenvalue weighted by molar-refractivity contribution is 6.00. The maximum Gasteiger partial charge on any atom is 0.328 e. The van der Waals surface area contributed by atoms with E-state index in [0.29, 0.717) is 17.8 Å². The summed E-state index contributed by atoms with van der Waals surface area (Å²) in [7, 11) is 0. The number of hydrogen-bond donors (Lipinski definition) is 1. The van der Waals surface area contributed by atoms with Gasteiger partial charge in [0.25, 0.3) is 5.56 Å². The van der Waals surface area contributed by atoms with Crippen molar-refractivity contribution in [3.05, 3.63) is 63.3 Å². The molecule has 0 spiro atoms. The molecule has 1 saturated carbocycles. The van der Waals surface area contributed by atoms with E-state index >= 15 is 0 Å². The summed E-state index contributed by atoms with van der Waals surface area (Å²) >= 11 is 0. The molecular formula is C24H27N3O2. The van der Waals surface area contributed by atoms with E-state index < -0.39 is 0 Å². The number of hydrogen-bond acceptors (Lipinski definition) is 3. The van der Waals surface area contributed by atoms with Crippen LogP contribution in [-0.4, -0.2) is 22.6 Å². The fourth-order valence-corrected chi connectivity index (χ4v) is 5.49. The Hall–Kier alpha value is -2.82. The second kappa shape index (κ2) is 7.21. The van der Waals surface area contributed by atoms with Crippen LogP contribution in [0, 0.1) is 11.8 Å². The van der Waals surface area contributed by atoms with E-state index in [1.807, 2.05) is 31.2 Å². The highest BCUT2D eigenvalue weighted by Crippen LogP contribution is 2.43. The number of nitrogens with one attached hydrogen (secondary N) is 1. The van der Waals surface area contributed by atoms with E-state index in [-0.39, 0.29) is 11.2 Å². The minimum atomic E-state index is -0.335. The van der Waals surface area contributed by atoms with Gasteiger partial charge in [0.1, 0.15) is 0 Å². The van der Waals surface area contributed by atoms with Gasteiger partial charge in [-0.3, -0.25) is 14.3 Å². The smallest absolute Gasteiger partial charge is 0.328 e. The molecule has 29 heavy (non-hydrogen) atoms. The molecule has 1 aliphatic carbocycles. The van der Waals surface area contributed by atoms with Crippen molar-refractivity contribution in [2.24, 2.45) is 11.8 Å². The largest absolute Gasteiger partial charge is 0.370 e. The van der Waals surface area contributed by atoms with E-state index in [2.05, 4.69) is 28.1 Å². The molecule has 0 amide bonds. The van der Waals surface area contributed by atoms with Gasteiger partial charge in [0.05, 0.1) is 16.6 Å². The standard InChI is InChI=1S/C24H27N3O2/c1-2-27-20-12-11-19(17-7-4-3-5-8-17)22(21(20)23(28)25-24(27)29)26-14-13-16-9-6-10-18(16)15-26/h3-5,7-8,11-12,16,18H,2,6,9-10,13-15H2,1H3,(H,25,28,29)/t16-,18+/m1/s1. The van der Waals surface area contributed by atoms with Crippen LogP contribution < -0.4 is 16.1 Å². The lowest BCUT2D eigenvalue weighted by molar-refractivity contribution is 0.324. The Morgan fingerprint density at radius 1 is 1.00 bits per heavy atom. The normalized spacial score (nSPS) is 21.5. The molecule has 1 aliphatic heterocycles. The number of nitrogens with zero attached hydrogens (tertiary/aromatic N) is 2. The lowest BCUT2D eigenvalue weighted by atomic mass is 9.87. The van der Waals surface area contributed by atoms with Crippen molar-refractivity contribution in [2.75, 3.05) is 18.0 Å². The van der Waals surface area contributed by atoms with Crippen LogP contribution >= 0.6 is 0 Å². The Balaban J connectivity index is 1.78. The number of aromatic amines is 1. The maximum atomic E-state index is 13.0. The molecule has 5 rings (SSSR count). The van der Waals surface area contributed by atoms with E-state index in [1.54, 1.807) is 4.57 Å². The first-order chi connectivity index (χ1) is 14.2. The summed E-state index contributed by atoms with van der Waals surface area (Å²) in [5.74, 6) is 1.53. The molecule has 2 aromatic carbocycles. The van der Waals surface area contributed by atoms with E-state index in [0.717, 1.165) is 41.3 Å². The van der Waals surface area contributed by atoms with Gasteiger partial charge in [0.2, 0.25) is 0 Å². The molecule has 2 fully saturated rings. The maximum absolute atomic E-state index is 13.0. The second-order valence-corrected chi connectivity index (χ2v) is 8.41. The molecule has 3 aromatic rings. The van der Waals surface area contributed by atoms with Gasteiger partial charge in [-0.2, -0.15) is 0 Å². The van der Waals surface area contributed by atoms with Crippen LogP contribution in [0.25, 0.3) is 22.0 Å². The van der Waals surface area contributed by atoms with Gasteiger partial charge in [0, 0.05) is 25.2 Å². The monoisotopic (exact) mass is 389 g/mol. The van der Waals surface area contributed by atoms with Crippen molar-refractivity contribution in [2.45, 2.75) is 39.2 Å². The number of fused-ring (bicyclic) bond motifs is 2. The average molecular weight is 389 g/mol. The van der Waals surface area contributed by atoms with E-state index in [9.17, 15) is 9.59 Å². The van der Waals surface area contributed by atoms with Crippen molar-refractivity contribution in [3.8, 4) is 11.1 Å². The SMILES string of the molecule is CCn1c(=O)[nH]c(=O)c2c(N3CC[C@H]4CCC[C@H]4C3)c(-c3ccccc3)ccc21. The minimum Gasteiger partial charge on any atom is -0.370 e. The second-order valence-electron chi connectivity index (χ2n) is 8.41. The zero-order valence-electron chi connectivity index (χ0n) is 16.9. The van der Waals surface area contributed by atoms with Crippen molar-refractivity contribution in [1.82, 2.24) is 9.55 Å². The number of piperidine rings is 1. The fraction of sp³-hybridized carbons (Fsp3) is 0.417. The summed E-state index contributed by atoms with van der Waals surface area (Å²) in [5.41, 5.74) is 3.27. The van der Waals surface area contributed by atoms with E-state index in [4.69, 9.17) is 0 Å². The number of anilines is 1. The molecule has 2 aliphatic rings. The van der Waals surface area contributed by atoms with Crippen LogP contribution in [0.4, 0.5) is 5.69 Å². The van der Waals surface area contributed by atoms with Gasteiger partial charge in [-0.1, -0.05) is 49.2 Å². The number of rotatable bonds is 3. The molecule has 0 radical (unpaired) electrons.